The van der Waals surface area contributed by atoms with Gasteiger partial charge in [0.15, 0.2) is 0 Å². The van der Waals surface area contributed by atoms with Crippen molar-refractivity contribution >= 4 is 17.8 Å². The van der Waals surface area contributed by atoms with E-state index in [9.17, 15) is 14.4 Å². The number of hydrogen-bond donors (Lipinski definition) is 2. The number of nitrogens with one attached hydrogen (secondary N) is 1. The van der Waals surface area contributed by atoms with E-state index in [1.54, 1.807) is 13.1 Å². The number of amides is 2. The first-order valence-corrected chi connectivity index (χ1v) is 9.16. The molecule has 2 amide bonds. The minimum Gasteiger partial charge on any atom is -0.478 e. The number of aliphatic carboxylic acids is 1. The Bertz CT molecular complexity index is 563. The average Bonchev–Trinajstić information content (AvgIpc) is 3.07. The molecular formula is C19H33N3O4. The van der Waals surface area contributed by atoms with Crippen LogP contribution in [-0.2, 0) is 14.4 Å². The second-order valence-corrected chi connectivity index (χ2v) is 7.71. The molecule has 2 N–H and O–H groups in total. The zero-order valence-corrected chi connectivity index (χ0v) is 16.8. The van der Waals surface area contributed by atoms with Gasteiger partial charge in [0.05, 0.1) is 18.1 Å². The minimum atomic E-state index is -1.00. The van der Waals surface area contributed by atoms with Gasteiger partial charge in [-0.05, 0) is 39.8 Å². The van der Waals surface area contributed by atoms with Crippen LogP contribution in [0, 0.1) is 5.92 Å². The number of likely N-dealkylation sites (N-methyl/N-ethyl adjacent to an activating group) is 2. The second kappa shape index (κ2) is 9.16. The van der Waals surface area contributed by atoms with Gasteiger partial charge < -0.3 is 15.3 Å². The third-order valence-electron chi connectivity index (χ3n) is 5.39. The first-order chi connectivity index (χ1) is 12.0. The standard InChI is InChI=1S/C19H33N3O4/c1-13(2)15(11-14(3)17(24)25)22(6)16(23)12-20-18(26)19(21(4)5)9-7-8-10-19/h11,13,15H,7-10,12H2,1-6H3,(H,20,26)(H,24,25)/b14-11+/t15-/m1/s1. The molecule has 7 heteroatoms. The van der Waals surface area contributed by atoms with Crippen molar-refractivity contribution in [1.82, 2.24) is 15.1 Å². The fraction of sp³-hybridized carbons (Fsp3) is 0.737. The Hall–Kier alpha value is -1.89. The summed E-state index contributed by atoms with van der Waals surface area (Å²) in [5.74, 6) is -1.30. The van der Waals surface area contributed by atoms with Crippen LogP contribution in [0.25, 0.3) is 0 Å². The summed E-state index contributed by atoms with van der Waals surface area (Å²) in [5, 5.41) is 11.9. The lowest BCUT2D eigenvalue weighted by molar-refractivity contribution is -0.137. The van der Waals surface area contributed by atoms with Crippen LogP contribution in [0.15, 0.2) is 11.6 Å². The molecule has 0 unspecified atom stereocenters. The van der Waals surface area contributed by atoms with Gasteiger partial charge in [-0.1, -0.05) is 32.8 Å². The Morgan fingerprint density at radius 2 is 1.69 bits per heavy atom. The van der Waals surface area contributed by atoms with Crippen molar-refractivity contribution in [2.75, 3.05) is 27.7 Å². The van der Waals surface area contributed by atoms with E-state index in [4.69, 9.17) is 5.11 Å². The summed E-state index contributed by atoms with van der Waals surface area (Å²) in [6, 6.07) is -0.343. The van der Waals surface area contributed by atoms with Gasteiger partial charge in [0.1, 0.15) is 0 Å². The van der Waals surface area contributed by atoms with Crippen LogP contribution in [-0.4, -0.2) is 72.0 Å². The maximum absolute atomic E-state index is 12.7. The van der Waals surface area contributed by atoms with Gasteiger partial charge in [0.25, 0.3) is 0 Å². The van der Waals surface area contributed by atoms with Crippen LogP contribution in [0.2, 0.25) is 0 Å². The number of nitrogens with zero attached hydrogens (tertiary/aromatic N) is 2. The van der Waals surface area contributed by atoms with Crippen molar-refractivity contribution in [3.05, 3.63) is 11.6 Å². The number of rotatable bonds is 8. The molecule has 1 atom stereocenters. The zero-order chi connectivity index (χ0) is 20.1. The van der Waals surface area contributed by atoms with Gasteiger partial charge in [-0.3, -0.25) is 14.5 Å². The third kappa shape index (κ3) is 5.06. The largest absolute Gasteiger partial charge is 0.478 e. The average molecular weight is 367 g/mol. The normalized spacial score (nSPS) is 18.1. The van der Waals surface area contributed by atoms with Crippen LogP contribution in [0.5, 0.6) is 0 Å². The van der Waals surface area contributed by atoms with Gasteiger partial charge >= 0.3 is 5.97 Å². The second-order valence-electron chi connectivity index (χ2n) is 7.71. The van der Waals surface area contributed by atoms with E-state index in [1.165, 1.54) is 11.8 Å². The van der Waals surface area contributed by atoms with Gasteiger partial charge in [-0.15, -0.1) is 0 Å². The molecular weight excluding hydrogens is 334 g/mol. The Balaban J connectivity index is 2.77. The monoisotopic (exact) mass is 367 g/mol. The Labute approximate surface area is 156 Å². The molecule has 0 heterocycles. The molecule has 1 aliphatic rings. The quantitative estimate of drug-likeness (QED) is 0.635. The summed E-state index contributed by atoms with van der Waals surface area (Å²) in [7, 11) is 5.43. The van der Waals surface area contributed by atoms with Crippen molar-refractivity contribution in [1.29, 1.82) is 0 Å². The summed E-state index contributed by atoms with van der Waals surface area (Å²) >= 11 is 0. The summed E-state index contributed by atoms with van der Waals surface area (Å²) in [4.78, 5) is 39.8. The molecule has 0 aromatic carbocycles. The summed E-state index contributed by atoms with van der Waals surface area (Å²) in [6.45, 7) is 5.28. The topological polar surface area (TPSA) is 90.0 Å². The number of carbonyl (C=O) groups excluding carboxylic acids is 2. The number of hydrogen-bond acceptors (Lipinski definition) is 4. The van der Waals surface area contributed by atoms with Crippen molar-refractivity contribution in [3.63, 3.8) is 0 Å². The van der Waals surface area contributed by atoms with Crippen LogP contribution < -0.4 is 5.32 Å². The molecule has 0 aliphatic heterocycles. The minimum absolute atomic E-state index is 0.0527. The van der Waals surface area contributed by atoms with Gasteiger partial charge in [0.2, 0.25) is 11.8 Å². The molecule has 26 heavy (non-hydrogen) atoms. The SMILES string of the molecule is C/C(=C\[C@H](C(C)C)N(C)C(=O)CNC(=O)C1(N(C)C)CCCC1)C(=O)O. The molecule has 0 aromatic rings. The fourth-order valence-electron chi connectivity index (χ4n) is 3.53. The van der Waals surface area contributed by atoms with Crippen molar-refractivity contribution in [2.45, 2.75) is 58.0 Å². The lowest BCUT2D eigenvalue weighted by Crippen LogP contribution is -2.56. The van der Waals surface area contributed by atoms with Crippen LogP contribution in [0.4, 0.5) is 0 Å². The first-order valence-electron chi connectivity index (χ1n) is 9.16. The van der Waals surface area contributed by atoms with E-state index >= 15 is 0 Å². The van der Waals surface area contributed by atoms with E-state index in [2.05, 4.69) is 5.32 Å². The molecule has 0 bridgehead atoms. The smallest absolute Gasteiger partial charge is 0.331 e. The highest BCUT2D eigenvalue weighted by molar-refractivity contribution is 5.91. The molecule has 0 spiro atoms. The lowest BCUT2D eigenvalue weighted by Gasteiger charge is -2.35. The van der Waals surface area contributed by atoms with Gasteiger partial charge in [-0.25, -0.2) is 4.79 Å². The van der Waals surface area contributed by atoms with Crippen LogP contribution in [0.3, 0.4) is 0 Å². The highest BCUT2D eigenvalue weighted by Gasteiger charge is 2.43. The summed E-state index contributed by atoms with van der Waals surface area (Å²) < 4.78 is 0. The van der Waals surface area contributed by atoms with Crippen LogP contribution >= 0.6 is 0 Å². The molecule has 1 fully saturated rings. The maximum Gasteiger partial charge on any atom is 0.331 e. The highest BCUT2D eigenvalue weighted by Crippen LogP contribution is 2.33. The Morgan fingerprint density at radius 3 is 2.12 bits per heavy atom. The highest BCUT2D eigenvalue weighted by atomic mass is 16.4. The van der Waals surface area contributed by atoms with Gasteiger partial charge in [0, 0.05) is 12.6 Å². The maximum atomic E-state index is 12.7. The van der Waals surface area contributed by atoms with Crippen molar-refractivity contribution in [3.8, 4) is 0 Å². The summed E-state index contributed by atoms with van der Waals surface area (Å²) in [5.41, 5.74) is -0.333. The van der Waals surface area contributed by atoms with Gasteiger partial charge in [-0.2, -0.15) is 0 Å². The summed E-state index contributed by atoms with van der Waals surface area (Å²) in [6.07, 6.45) is 5.20. The van der Waals surface area contributed by atoms with Crippen LogP contribution in [0.1, 0.15) is 46.5 Å². The molecule has 0 radical (unpaired) electrons. The molecule has 1 rings (SSSR count). The predicted octanol–water partition coefficient (Wildman–Crippen LogP) is 1.49. The number of carboxylic acids is 1. The predicted molar refractivity (Wildman–Crippen MR) is 101 cm³/mol. The van der Waals surface area contributed by atoms with E-state index < -0.39 is 11.5 Å². The Morgan fingerprint density at radius 1 is 1.15 bits per heavy atom. The zero-order valence-electron chi connectivity index (χ0n) is 16.8. The van der Waals surface area contributed by atoms with E-state index in [0.29, 0.717) is 0 Å². The van der Waals surface area contributed by atoms with E-state index in [1.807, 2.05) is 32.8 Å². The third-order valence-corrected chi connectivity index (χ3v) is 5.39. The molecule has 148 valence electrons. The fourth-order valence-corrected chi connectivity index (χ4v) is 3.53. The van der Waals surface area contributed by atoms with E-state index in [0.717, 1.165) is 25.7 Å². The van der Waals surface area contributed by atoms with E-state index in [-0.39, 0.29) is 35.9 Å². The first kappa shape index (κ1) is 22.2. The molecule has 7 nitrogen and oxygen atoms in total. The molecule has 1 saturated carbocycles. The molecule has 1 aliphatic carbocycles. The Kier molecular flexibility index (Phi) is 7.81. The molecule has 0 aromatic heterocycles. The lowest BCUT2D eigenvalue weighted by atomic mass is 9.95. The number of carboxylic acid groups (broad SMARTS) is 1. The molecule has 0 saturated heterocycles. The van der Waals surface area contributed by atoms with Crippen molar-refractivity contribution < 1.29 is 19.5 Å². The number of carbonyl (C=O) groups is 3. The van der Waals surface area contributed by atoms with Crippen molar-refractivity contribution in [2.24, 2.45) is 5.92 Å².